The van der Waals surface area contributed by atoms with E-state index in [0.717, 1.165) is 54.8 Å². The molecular weight excluding hydrogens is 472 g/mol. The average Bonchev–Trinajstić information content (AvgIpc) is 3.73. The van der Waals surface area contributed by atoms with E-state index in [4.69, 9.17) is 5.10 Å². The van der Waals surface area contributed by atoms with Gasteiger partial charge in [-0.3, -0.25) is 10.2 Å². The number of aromatic nitrogens is 1. The van der Waals surface area contributed by atoms with Gasteiger partial charge in [0.15, 0.2) is 5.84 Å². The van der Waals surface area contributed by atoms with Crippen LogP contribution in [0.5, 0.6) is 0 Å². The topological polar surface area (TPSA) is 84.5 Å². The fraction of sp³-hybridized carbons (Fsp3) is 0.290. The molecule has 1 saturated heterocycles. The highest BCUT2D eigenvalue weighted by atomic mass is 16.2. The third kappa shape index (κ3) is 5.15. The smallest absolute Gasteiger partial charge is 0.237 e. The number of rotatable bonds is 9. The van der Waals surface area contributed by atoms with Gasteiger partial charge in [0.05, 0.1) is 12.1 Å². The minimum atomic E-state index is -0.293. The number of nitrogens with one attached hydrogen (secondary N) is 4. The van der Waals surface area contributed by atoms with E-state index in [1.807, 2.05) is 18.2 Å². The number of fused-ring (bicyclic) bond motifs is 1. The summed E-state index contributed by atoms with van der Waals surface area (Å²) >= 11 is 0. The number of aromatic amines is 1. The molecular formula is C31H34N6O. The van der Waals surface area contributed by atoms with Gasteiger partial charge in [0.2, 0.25) is 5.91 Å². The number of anilines is 1. The van der Waals surface area contributed by atoms with Gasteiger partial charge in [0.1, 0.15) is 6.17 Å². The van der Waals surface area contributed by atoms with Crippen LogP contribution in [0.2, 0.25) is 0 Å². The van der Waals surface area contributed by atoms with E-state index in [-0.39, 0.29) is 24.2 Å². The lowest BCUT2D eigenvalue weighted by atomic mass is 10.0. The molecule has 1 amide bonds. The molecule has 0 aliphatic carbocycles. The first kappa shape index (κ1) is 24.2. The summed E-state index contributed by atoms with van der Waals surface area (Å²) in [6.07, 6.45) is 6.36. The second kappa shape index (κ2) is 11.1. The quantitative estimate of drug-likeness (QED) is 0.272. The number of carbonyl (C=O) groups excluding carboxylic acids is 1. The third-order valence-electron chi connectivity index (χ3n) is 7.57. The van der Waals surface area contributed by atoms with Gasteiger partial charge >= 0.3 is 0 Å². The van der Waals surface area contributed by atoms with Crippen LogP contribution in [0.15, 0.2) is 96.2 Å². The molecule has 1 fully saturated rings. The third-order valence-corrected chi connectivity index (χ3v) is 7.57. The molecule has 3 heterocycles. The van der Waals surface area contributed by atoms with Crippen molar-refractivity contribution in [3.8, 4) is 0 Å². The molecule has 0 radical (unpaired) electrons. The van der Waals surface area contributed by atoms with Gasteiger partial charge < -0.3 is 20.5 Å². The van der Waals surface area contributed by atoms with E-state index < -0.39 is 0 Å². The SMILES string of the molecule is O=C(N[C@H](Cc1c[nH]c2ccccc12)C1=NNC(CCc2ccccc2)N1c1ccccc1)[C@@H]1CCCN1. The summed E-state index contributed by atoms with van der Waals surface area (Å²) in [5, 5.41) is 12.8. The summed E-state index contributed by atoms with van der Waals surface area (Å²) in [5.74, 6) is 0.877. The maximum Gasteiger partial charge on any atom is 0.237 e. The lowest BCUT2D eigenvalue weighted by molar-refractivity contribution is -0.123. The van der Waals surface area contributed by atoms with Gasteiger partial charge in [-0.1, -0.05) is 66.7 Å². The monoisotopic (exact) mass is 506 g/mol. The second-order valence-electron chi connectivity index (χ2n) is 10.1. The van der Waals surface area contributed by atoms with E-state index in [1.165, 1.54) is 10.9 Å². The fourth-order valence-corrected chi connectivity index (χ4v) is 5.61. The molecule has 2 aliphatic heterocycles. The maximum absolute atomic E-state index is 13.4. The number of benzene rings is 3. The zero-order chi connectivity index (χ0) is 25.7. The van der Waals surface area contributed by atoms with Crippen molar-refractivity contribution in [1.29, 1.82) is 0 Å². The summed E-state index contributed by atoms with van der Waals surface area (Å²) in [5.41, 5.74) is 8.02. The van der Waals surface area contributed by atoms with Gasteiger partial charge in [0.25, 0.3) is 0 Å². The Balaban J connectivity index is 1.31. The number of para-hydroxylation sites is 2. The largest absolute Gasteiger partial charge is 0.361 e. The van der Waals surface area contributed by atoms with Gasteiger partial charge in [-0.25, -0.2) is 0 Å². The van der Waals surface area contributed by atoms with Crippen LogP contribution < -0.4 is 21.0 Å². The van der Waals surface area contributed by atoms with Crippen LogP contribution in [0, 0.1) is 0 Å². The molecule has 2 aliphatic rings. The Labute approximate surface area is 223 Å². The molecule has 3 atom stereocenters. The number of nitrogens with zero attached hydrogens (tertiary/aromatic N) is 2. The van der Waals surface area contributed by atoms with Crippen molar-refractivity contribution in [1.82, 2.24) is 21.0 Å². The highest BCUT2D eigenvalue weighted by molar-refractivity contribution is 6.05. The normalized spacial score (nSPS) is 19.8. The maximum atomic E-state index is 13.4. The Bertz CT molecular complexity index is 1390. The van der Waals surface area contributed by atoms with Gasteiger partial charge in [-0.15, -0.1) is 0 Å². The van der Waals surface area contributed by atoms with Crippen molar-refractivity contribution in [2.24, 2.45) is 5.10 Å². The van der Waals surface area contributed by atoms with Crippen LogP contribution in [-0.2, 0) is 17.6 Å². The van der Waals surface area contributed by atoms with Crippen LogP contribution in [0.1, 0.15) is 30.4 Å². The van der Waals surface area contributed by atoms with E-state index in [2.05, 4.69) is 98.9 Å². The number of carbonyl (C=O) groups is 1. The van der Waals surface area contributed by atoms with Crippen LogP contribution in [0.25, 0.3) is 10.9 Å². The lowest BCUT2D eigenvalue weighted by Crippen LogP contribution is -2.54. The van der Waals surface area contributed by atoms with E-state index in [9.17, 15) is 4.79 Å². The van der Waals surface area contributed by atoms with Crippen LogP contribution in [0.3, 0.4) is 0 Å². The first-order valence-corrected chi connectivity index (χ1v) is 13.6. The van der Waals surface area contributed by atoms with Crippen molar-refractivity contribution in [3.05, 3.63) is 102 Å². The van der Waals surface area contributed by atoms with Crippen molar-refractivity contribution in [2.75, 3.05) is 11.4 Å². The van der Waals surface area contributed by atoms with Crippen LogP contribution >= 0.6 is 0 Å². The average molecular weight is 507 g/mol. The zero-order valence-corrected chi connectivity index (χ0v) is 21.4. The number of hydrogen-bond donors (Lipinski definition) is 4. The zero-order valence-electron chi connectivity index (χ0n) is 21.4. The minimum absolute atomic E-state index is 0.0143. The molecule has 7 heteroatoms. The number of hydrogen-bond acceptors (Lipinski definition) is 5. The van der Waals surface area contributed by atoms with Gasteiger partial charge in [0, 0.05) is 29.2 Å². The number of amides is 1. The Hall–Kier alpha value is -4.10. The van der Waals surface area contributed by atoms with Gasteiger partial charge in [-0.05, 0) is 61.6 Å². The fourth-order valence-electron chi connectivity index (χ4n) is 5.61. The Kier molecular flexibility index (Phi) is 7.09. The van der Waals surface area contributed by atoms with Crippen molar-refractivity contribution >= 4 is 28.3 Å². The Morgan fingerprint density at radius 1 is 1.00 bits per heavy atom. The number of aryl methyl sites for hydroxylation is 1. The predicted octanol–water partition coefficient (Wildman–Crippen LogP) is 4.33. The molecule has 7 nitrogen and oxygen atoms in total. The van der Waals surface area contributed by atoms with E-state index in [0.29, 0.717) is 6.42 Å². The molecule has 1 aromatic heterocycles. The van der Waals surface area contributed by atoms with Crippen LogP contribution in [0.4, 0.5) is 5.69 Å². The molecule has 0 spiro atoms. The van der Waals surface area contributed by atoms with Crippen molar-refractivity contribution in [3.63, 3.8) is 0 Å². The van der Waals surface area contributed by atoms with Crippen molar-refractivity contribution in [2.45, 2.75) is 50.4 Å². The summed E-state index contributed by atoms with van der Waals surface area (Å²) < 4.78 is 0. The summed E-state index contributed by atoms with van der Waals surface area (Å²) in [6, 6.07) is 28.7. The summed E-state index contributed by atoms with van der Waals surface area (Å²) in [7, 11) is 0. The Morgan fingerprint density at radius 3 is 2.55 bits per heavy atom. The number of hydrazone groups is 1. The molecule has 4 N–H and O–H groups in total. The van der Waals surface area contributed by atoms with Crippen molar-refractivity contribution < 1.29 is 4.79 Å². The highest BCUT2D eigenvalue weighted by Gasteiger charge is 2.36. The first-order chi connectivity index (χ1) is 18.8. The molecule has 4 aromatic rings. The highest BCUT2D eigenvalue weighted by Crippen LogP contribution is 2.26. The second-order valence-corrected chi connectivity index (χ2v) is 10.1. The molecule has 38 heavy (non-hydrogen) atoms. The molecule has 3 aromatic carbocycles. The number of H-pyrrole nitrogens is 1. The van der Waals surface area contributed by atoms with E-state index in [1.54, 1.807) is 0 Å². The molecule has 0 saturated carbocycles. The molecule has 0 bridgehead atoms. The lowest BCUT2D eigenvalue weighted by Gasteiger charge is -2.31. The van der Waals surface area contributed by atoms with Gasteiger partial charge in [-0.2, -0.15) is 5.10 Å². The standard InChI is InChI=1S/C31H34N6O/c38-31(27-16-9-19-32-27)34-28(20-23-21-33-26-15-8-7-14-25(23)26)30-36-35-29(18-17-22-10-3-1-4-11-22)37(30)24-12-5-2-6-13-24/h1-8,10-15,21,27-29,32-33,35H,9,16-20H2,(H,34,38)/t27-,28+,29?/m0/s1. The van der Waals surface area contributed by atoms with Crippen LogP contribution in [-0.4, -0.2) is 41.5 Å². The molecule has 1 unspecified atom stereocenters. The summed E-state index contributed by atoms with van der Waals surface area (Å²) in [4.78, 5) is 19.0. The predicted molar refractivity (Wildman–Crippen MR) is 153 cm³/mol. The van der Waals surface area contributed by atoms with E-state index >= 15 is 0 Å². The molecule has 194 valence electrons. The Morgan fingerprint density at radius 2 is 1.76 bits per heavy atom. The first-order valence-electron chi connectivity index (χ1n) is 13.6. The summed E-state index contributed by atoms with van der Waals surface area (Å²) in [6.45, 7) is 0.880. The number of amidine groups is 1. The molecule has 6 rings (SSSR count). The minimum Gasteiger partial charge on any atom is -0.361 e.